The number of hydrogen-bond donors (Lipinski definition) is 3. The molecule has 110 valence electrons. The Morgan fingerprint density at radius 1 is 1.33 bits per heavy atom. The summed E-state index contributed by atoms with van der Waals surface area (Å²) in [6, 6.07) is 2.17. The van der Waals surface area contributed by atoms with Gasteiger partial charge in [0.2, 0.25) is 5.91 Å². The fourth-order valence-corrected chi connectivity index (χ4v) is 1.90. The zero-order chi connectivity index (χ0) is 15.4. The Bertz CT molecular complexity index is 734. The van der Waals surface area contributed by atoms with Crippen molar-refractivity contribution < 1.29 is 13.6 Å². The van der Waals surface area contributed by atoms with Crippen LogP contribution in [-0.2, 0) is 4.79 Å². The normalized spacial score (nSPS) is 12.4. The summed E-state index contributed by atoms with van der Waals surface area (Å²) < 4.78 is 26.5. The summed E-state index contributed by atoms with van der Waals surface area (Å²) in [6.45, 7) is 0.234. The van der Waals surface area contributed by atoms with E-state index in [-0.39, 0.29) is 13.0 Å². The first-order valence-corrected chi connectivity index (χ1v) is 6.19. The van der Waals surface area contributed by atoms with Crippen molar-refractivity contribution in [3.63, 3.8) is 0 Å². The number of primary amides is 1. The smallest absolute Gasteiger partial charge is 0.219 e. The van der Waals surface area contributed by atoms with Gasteiger partial charge in [0.1, 0.15) is 0 Å². The van der Waals surface area contributed by atoms with E-state index >= 15 is 0 Å². The monoisotopic (exact) mass is 292 g/mol. The highest BCUT2D eigenvalue weighted by Gasteiger charge is 2.11. The Labute approximate surface area is 119 Å². The first kappa shape index (κ1) is 14.7. The topological polar surface area (TPSA) is 97.3 Å². The second kappa shape index (κ2) is 6.17. The van der Waals surface area contributed by atoms with E-state index in [0.29, 0.717) is 22.0 Å². The van der Waals surface area contributed by atoms with Crippen molar-refractivity contribution in [3.8, 4) is 0 Å². The summed E-state index contributed by atoms with van der Waals surface area (Å²) in [7, 11) is 0. The van der Waals surface area contributed by atoms with Gasteiger partial charge in [-0.3, -0.25) is 9.79 Å². The van der Waals surface area contributed by atoms with Gasteiger partial charge in [0.05, 0.1) is 0 Å². The number of aromatic nitrogens is 1. The van der Waals surface area contributed by atoms with Crippen LogP contribution >= 0.6 is 0 Å². The number of aromatic amines is 1. The van der Waals surface area contributed by atoms with Gasteiger partial charge in [-0.2, -0.15) is 0 Å². The van der Waals surface area contributed by atoms with Crippen LogP contribution in [0.15, 0.2) is 29.5 Å². The van der Waals surface area contributed by atoms with Gasteiger partial charge in [-0.25, -0.2) is 8.78 Å². The van der Waals surface area contributed by atoms with E-state index in [1.165, 1.54) is 12.4 Å². The quantitative estimate of drug-likeness (QED) is 0.731. The van der Waals surface area contributed by atoms with Crippen LogP contribution < -0.4 is 11.5 Å². The second-order valence-corrected chi connectivity index (χ2v) is 4.39. The van der Waals surface area contributed by atoms with Crippen LogP contribution in [0.1, 0.15) is 12.0 Å². The van der Waals surface area contributed by atoms with Crippen LogP contribution in [0.4, 0.5) is 8.78 Å². The number of halogens is 2. The van der Waals surface area contributed by atoms with Crippen molar-refractivity contribution in [1.82, 2.24) is 4.98 Å². The molecule has 5 N–H and O–H groups in total. The maximum atomic E-state index is 13.3. The van der Waals surface area contributed by atoms with Crippen molar-refractivity contribution in [2.75, 3.05) is 6.54 Å². The third kappa shape index (κ3) is 3.25. The molecule has 5 nitrogen and oxygen atoms in total. The molecule has 1 amide bonds. The van der Waals surface area contributed by atoms with Gasteiger partial charge in [-0.15, -0.1) is 0 Å². The first-order valence-electron chi connectivity index (χ1n) is 6.19. The van der Waals surface area contributed by atoms with Crippen LogP contribution in [0.25, 0.3) is 16.5 Å². The highest BCUT2D eigenvalue weighted by molar-refractivity contribution is 6.14. The molecular formula is C14H14F2N4O. The number of benzene rings is 1. The minimum absolute atomic E-state index is 0.127. The molecule has 0 aliphatic carbocycles. The molecule has 2 aromatic rings. The third-order valence-corrected chi connectivity index (χ3v) is 2.93. The predicted molar refractivity (Wildman–Crippen MR) is 77.5 cm³/mol. The molecule has 0 saturated heterocycles. The molecule has 0 aliphatic heterocycles. The molecule has 0 unspecified atom stereocenters. The van der Waals surface area contributed by atoms with Crippen LogP contribution in [0.2, 0.25) is 0 Å². The molecule has 2 rings (SSSR count). The summed E-state index contributed by atoms with van der Waals surface area (Å²) in [5, 5.41) is 0.493. The molecule has 21 heavy (non-hydrogen) atoms. The van der Waals surface area contributed by atoms with E-state index in [9.17, 15) is 13.6 Å². The van der Waals surface area contributed by atoms with Gasteiger partial charge in [0.25, 0.3) is 0 Å². The summed E-state index contributed by atoms with van der Waals surface area (Å²) in [5.74, 6) is -2.32. The number of allylic oxidation sites excluding steroid dienone is 1. The van der Waals surface area contributed by atoms with Crippen molar-refractivity contribution in [3.05, 3.63) is 41.7 Å². The van der Waals surface area contributed by atoms with Crippen LogP contribution in [-0.4, -0.2) is 23.7 Å². The van der Waals surface area contributed by atoms with E-state index in [1.54, 1.807) is 6.20 Å². The SMILES string of the molecule is NC=C(C=NCCC(N)=O)c1c[nH]c2cc(F)c(F)cc12. The molecule has 7 heteroatoms. The third-order valence-electron chi connectivity index (χ3n) is 2.93. The van der Waals surface area contributed by atoms with Gasteiger partial charge in [-0.1, -0.05) is 0 Å². The van der Waals surface area contributed by atoms with E-state index in [2.05, 4.69) is 9.98 Å². The average Bonchev–Trinajstić information content (AvgIpc) is 2.82. The number of carbonyl (C=O) groups excluding carboxylic acids is 1. The summed E-state index contributed by atoms with van der Waals surface area (Å²) in [5.41, 5.74) is 12.1. The number of nitrogens with one attached hydrogen (secondary N) is 1. The zero-order valence-corrected chi connectivity index (χ0v) is 11.1. The summed E-state index contributed by atoms with van der Waals surface area (Å²) in [6.07, 6.45) is 4.48. The van der Waals surface area contributed by atoms with Gasteiger partial charge in [0, 0.05) is 59.7 Å². The number of fused-ring (bicyclic) bond motifs is 1. The fourth-order valence-electron chi connectivity index (χ4n) is 1.90. The lowest BCUT2D eigenvalue weighted by Crippen LogP contribution is -2.11. The Kier molecular flexibility index (Phi) is 4.32. The van der Waals surface area contributed by atoms with Gasteiger partial charge in [-0.05, 0) is 6.07 Å². The second-order valence-electron chi connectivity index (χ2n) is 4.39. The maximum Gasteiger partial charge on any atom is 0.219 e. The number of nitrogens with two attached hydrogens (primary N) is 2. The minimum Gasteiger partial charge on any atom is -0.404 e. The minimum atomic E-state index is -0.939. The fraction of sp³-hybridized carbons (Fsp3) is 0.143. The van der Waals surface area contributed by atoms with Crippen molar-refractivity contribution in [2.24, 2.45) is 16.5 Å². The standard InChI is InChI=1S/C14H14F2N4O/c15-11-3-9-10(7-20-13(9)4-12(11)16)8(5-17)6-19-2-1-14(18)21/h3-7,20H,1-2,17H2,(H2,18,21). The number of nitrogens with zero attached hydrogens (tertiary/aromatic N) is 1. The first-order chi connectivity index (χ1) is 10.0. The number of H-pyrrole nitrogens is 1. The number of rotatable bonds is 5. The van der Waals surface area contributed by atoms with Crippen LogP contribution in [0, 0.1) is 11.6 Å². The Morgan fingerprint density at radius 3 is 2.71 bits per heavy atom. The molecule has 0 fully saturated rings. The number of amides is 1. The molecule has 0 atom stereocenters. The number of carbonyl (C=O) groups is 1. The number of hydrogen-bond acceptors (Lipinski definition) is 3. The average molecular weight is 292 g/mol. The van der Waals surface area contributed by atoms with E-state index in [4.69, 9.17) is 11.5 Å². The highest BCUT2D eigenvalue weighted by atomic mass is 19.2. The van der Waals surface area contributed by atoms with Crippen LogP contribution in [0.3, 0.4) is 0 Å². The van der Waals surface area contributed by atoms with Crippen molar-refractivity contribution in [1.29, 1.82) is 0 Å². The lowest BCUT2D eigenvalue weighted by molar-refractivity contribution is -0.117. The molecule has 0 aliphatic rings. The highest BCUT2D eigenvalue weighted by Crippen LogP contribution is 2.25. The molecule has 1 aromatic carbocycles. The molecule has 0 saturated carbocycles. The van der Waals surface area contributed by atoms with E-state index in [1.807, 2.05) is 0 Å². The molecular weight excluding hydrogens is 278 g/mol. The van der Waals surface area contributed by atoms with E-state index in [0.717, 1.165) is 12.1 Å². The predicted octanol–water partition coefficient (Wildman–Crippen LogP) is 1.69. The molecule has 0 spiro atoms. The Morgan fingerprint density at radius 2 is 2.05 bits per heavy atom. The Hall–Kier alpha value is -2.70. The van der Waals surface area contributed by atoms with Gasteiger partial charge in [0.15, 0.2) is 11.6 Å². The van der Waals surface area contributed by atoms with Crippen LogP contribution in [0.5, 0.6) is 0 Å². The lowest BCUT2D eigenvalue weighted by atomic mass is 10.1. The lowest BCUT2D eigenvalue weighted by Gasteiger charge is -2.00. The van der Waals surface area contributed by atoms with E-state index < -0.39 is 17.5 Å². The summed E-state index contributed by atoms with van der Waals surface area (Å²) in [4.78, 5) is 17.5. The molecule has 0 radical (unpaired) electrons. The van der Waals surface area contributed by atoms with Gasteiger partial charge < -0.3 is 16.5 Å². The Balaban J connectivity index is 2.31. The molecule has 1 heterocycles. The molecule has 1 aromatic heterocycles. The van der Waals surface area contributed by atoms with Crippen molar-refractivity contribution in [2.45, 2.75) is 6.42 Å². The maximum absolute atomic E-state index is 13.3. The zero-order valence-electron chi connectivity index (χ0n) is 11.1. The number of aliphatic imine (C=N–C) groups is 1. The molecule has 0 bridgehead atoms. The van der Waals surface area contributed by atoms with Gasteiger partial charge >= 0.3 is 0 Å². The summed E-state index contributed by atoms with van der Waals surface area (Å²) >= 11 is 0. The van der Waals surface area contributed by atoms with Crippen molar-refractivity contribution >= 4 is 28.6 Å². The largest absolute Gasteiger partial charge is 0.404 e.